The molecule has 5 nitrogen and oxygen atoms in total. The van der Waals surface area contributed by atoms with Crippen LogP contribution in [0.1, 0.15) is 50.4 Å². The predicted molar refractivity (Wildman–Crippen MR) is 121 cm³/mol. The lowest BCUT2D eigenvalue weighted by Gasteiger charge is -2.30. The summed E-state index contributed by atoms with van der Waals surface area (Å²) in [5.41, 5.74) is 2.15. The number of phenolic OH excluding ortho intramolecular Hbond substituents is 2. The van der Waals surface area contributed by atoms with Gasteiger partial charge in [0, 0.05) is 40.3 Å². The summed E-state index contributed by atoms with van der Waals surface area (Å²) in [6.07, 6.45) is 1.10. The van der Waals surface area contributed by atoms with Gasteiger partial charge in [-0.1, -0.05) is 53.5 Å². The quantitative estimate of drug-likeness (QED) is 0.418. The maximum atomic E-state index is 11.3. The molecule has 7 heteroatoms. The van der Waals surface area contributed by atoms with E-state index in [9.17, 15) is 19.8 Å². The number of hydrogen-bond acceptors (Lipinski definition) is 5. The minimum absolute atomic E-state index is 0.101. The van der Waals surface area contributed by atoms with Crippen LogP contribution in [0, 0.1) is 0 Å². The van der Waals surface area contributed by atoms with Crippen molar-refractivity contribution < 1.29 is 19.8 Å². The molecule has 0 fully saturated rings. The molecule has 0 spiro atoms. The van der Waals surface area contributed by atoms with E-state index < -0.39 is 0 Å². The van der Waals surface area contributed by atoms with Gasteiger partial charge in [0.1, 0.15) is 11.5 Å². The van der Waals surface area contributed by atoms with Crippen LogP contribution in [0.2, 0.25) is 10.0 Å². The summed E-state index contributed by atoms with van der Waals surface area (Å²) in [5.74, 6) is -0.290. The topological polar surface area (TPSA) is 77.8 Å². The highest BCUT2D eigenvalue weighted by Gasteiger charge is 2.22. The van der Waals surface area contributed by atoms with Gasteiger partial charge in [0.2, 0.25) is 0 Å². The van der Waals surface area contributed by atoms with Crippen molar-refractivity contribution in [1.29, 1.82) is 0 Å². The van der Waals surface area contributed by atoms with Crippen LogP contribution in [0.25, 0.3) is 0 Å². The fraction of sp³-hybridized carbons (Fsp3) is 0.167. The second-order valence-corrected chi connectivity index (χ2v) is 8.11. The zero-order valence-electron chi connectivity index (χ0n) is 16.8. The Morgan fingerprint density at radius 1 is 0.839 bits per heavy atom. The van der Waals surface area contributed by atoms with Crippen molar-refractivity contribution in [1.82, 2.24) is 4.90 Å². The van der Waals surface area contributed by atoms with E-state index in [0.717, 1.165) is 5.56 Å². The molecule has 3 rings (SSSR count). The van der Waals surface area contributed by atoms with Gasteiger partial charge in [-0.15, -0.1) is 0 Å². The first-order chi connectivity index (χ1) is 14.8. The zero-order valence-corrected chi connectivity index (χ0v) is 18.3. The molecule has 0 unspecified atom stereocenters. The van der Waals surface area contributed by atoms with Crippen LogP contribution in [0.3, 0.4) is 0 Å². The average Bonchev–Trinajstić information content (AvgIpc) is 2.77. The molecule has 0 saturated carbocycles. The molecule has 0 aliphatic heterocycles. The molecular formula is C24H21Cl2NO4. The van der Waals surface area contributed by atoms with Crippen molar-refractivity contribution in [3.8, 4) is 11.5 Å². The van der Waals surface area contributed by atoms with E-state index in [0.29, 0.717) is 33.7 Å². The Balaban J connectivity index is 2.05. The largest absolute Gasteiger partial charge is 0.507 e. The minimum Gasteiger partial charge on any atom is -0.507 e. The molecule has 0 heterocycles. The number of rotatable bonds is 8. The Kier molecular flexibility index (Phi) is 7.33. The summed E-state index contributed by atoms with van der Waals surface area (Å²) in [4.78, 5) is 24.6. The molecule has 0 saturated heterocycles. The van der Waals surface area contributed by atoms with Crippen LogP contribution in [0.15, 0.2) is 54.6 Å². The van der Waals surface area contributed by atoms with E-state index in [4.69, 9.17) is 23.2 Å². The first-order valence-corrected chi connectivity index (χ1v) is 10.3. The first kappa shape index (κ1) is 22.8. The van der Waals surface area contributed by atoms with E-state index in [1.165, 1.54) is 12.1 Å². The Bertz CT molecular complexity index is 1040. The highest BCUT2D eigenvalue weighted by atomic mass is 35.5. The van der Waals surface area contributed by atoms with Gasteiger partial charge in [-0.05, 0) is 36.8 Å². The first-order valence-electron chi connectivity index (χ1n) is 9.56. The monoisotopic (exact) mass is 457 g/mol. The van der Waals surface area contributed by atoms with Crippen LogP contribution < -0.4 is 0 Å². The molecule has 0 amide bonds. The lowest BCUT2D eigenvalue weighted by atomic mass is 10.0. The SMILES string of the molecule is C[C@@H](c1ccccc1)N(Cc1cc(Cl)cc(C=O)c1O)Cc1cc(Cl)cc(C=O)c1O. The van der Waals surface area contributed by atoms with Crippen LogP contribution >= 0.6 is 23.2 Å². The van der Waals surface area contributed by atoms with E-state index in [1.807, 2.05) is 42.2 Å². The third-order valence-corrected chi connectivity index (χ3v) is 5.63. The molecule has 0 radical (unpaired) electrons. The molecule has 2 N–H and O–H groups in total. The summed E-state index contributed by atoms with van der Waals surface area (Å²) in [7, 11) is 0. The van der Waals surface area contributed by atoms with Crippen LogP contribution in [0.4, 0.5) is 0 Å². The number of aldehydes is 2. The highest BCUT2D eigenvalue weighted by molar-refractivity contribution is 6.31. The maximum absolute atomic E-state index is 11.3. The summed E-state index contributed by atoms with van der Waals surface area (Å²) < 4.78 is 0. The molecule has 1 atom stereocenters. The molecule has 3 aromatic carbocycles. The number of carbonyl (C=O) groups is 2. The molecule has 3 aromatic rings. The van der Waals surface area contributed by atoms with Crippen LogP contribution in [-0.2, 0) is 13.1 Å². The van der Waals surface area contributed by atoms with Crippen molar-refractivity contribution in [3.05, 3.63) is 92.5 Å². The third-order valence-electron chi connectivity index (χ3n) is 5.20. The highest BCUT2D eigenvalue weighted by Crippen LogP contribution is 2.34. The van der Waals surface area contributed by atoms with Crippen molar-refractivity contribution in [2.24, 2.45) is 0 Å². The van der Waals surface area contributed by atoms with Crippen molar-refractivity contribution in [2.45, 2.75) is 26.1 Å². The van der Waals surface area contributed by atoms with Gasteiger partial charge in [0.05, 0.1) is 11.1 Å². The van der Waals surface area contributed by atoms with Gasteiger partial charge in [-0.25, -0.2) is 0 Å². The van der Waals surface area contributed by atoms with E-state index in [1.54, 1.807) is 12.1 Å². The molecule has 0 aliphatic carbocycles. The van der Waals surface area contributed by atoms with Gasteiger partial charge in [0.25, 0.3) is 0 Å². The Morgan fingerprint density at radius 2 is 1.29 bits per heavy atom. The van der Waals surface area contributed by atoms with E-state index in [-0.39, 0.29) is 41.8 Å². The number of halogens is 2. The van der Waals surface area contributed by atoms with Crippen LogP contribution in [0.5, 0.6) is 11.5 Å². The standard InChI is InChI=1S/C24H21Cl2NO4/c1-15(16-5-3-2-4-6-16)27(11-17-7-21(25)9-19(13-28)23(17)30)12-18-8-22(26)10-20(14-29)24(18)31/h2-10,13-15,30-31H,11-12H2,1H3/t15-/m0/s1. The fourth-order valence-corrected chi connectivity index (χ4v) is 3.99. The minimum atomic E-state index is -0.145. The van der Waals surface area contributed by atoms with Gasteiger partial charge < -0.3 is 10.2 Å². The molecule has 0 aliphatic rings. The molecule has 0 aromatic heterocycles. The smallest absolute Gasteiger partial charge is 0.153 e. The Labute approximate surface area is 190 Å². The second kappa shape index (κ2) is 9.96. The van der Waals surface area contributed by atoms with Gasteiger partial charge in [-0.3, -0.25) is 14.5 Å². The Morgan fingerprint density at radius 3 is 1.71 bits per heavy atom. The van der Waals surface area contributed by atoms with Gasteiger partial charge in [0.15, 0.2) is 12.6 Å². The lowest BCUT2D eigenvalue weighted by Crippen LogP contribution is -2.26. The van der Waals surface area contributed by atoms with Crippen molar-refractivity contribution in [2.75, 3.05) is 0 Å². The summed E-state index contributed by atoms with van der Waals surface area (Å²) in [6.45, 7) is 2.44. The predicted octanol–water partition coefficient (Wildman–Crippen LogP) is 5.79. The molecule has 31 heavy (non-hydrogen) atoms. The number of carbonyl (C=O) groups excluding carboxylic acids is 2. The normalized spacial score (nSPS) is 12.0. The number of hydrogen-bond donors (Lipinski definition) is 2. The Hall–Kier alpha value is -2.86. The van der Waals surface area contributed by atoms with Gasteiger partial charge in [-0.2, -0.15) is 0 Å². The van der Waals surface area contributed by atoms with Crippen molar-refractivity contribution >= 4 is 35.8 Å². The molecule has 0 bridgehead atoms. The number of benzene rings is 3. The van der Waals surface area contributed by atoms with E-state index >= 15 is 0 Å². The molecular weight excluding hydrogens is 437 g/mol. The summed E-state index contributed by atoms with van der Waals surface area (Å²) in [5, 5.41) is 21.7. The molecule has 160 valence electrons. The fourth-order valence-electron chi connectivity index (χ4n) is 3.49. The number of phenols is 2. The number of nitrogens with zero attached hydrogens (tertiary/aromatic N) is 1. The summed E-state index contributed by atoms with van der Waals surface area (Å²) >= 11 is 12.3. The number of aromatic hydroxyl groups is 2. The average molecular weight is 458 g/mol. The van der Waals surface area contributed by atoms with Crippen LogP contribution in [-0.4, -0.2) is 27.7 Å². The second-order valence-electron chi connectivity index (χ2n) is 7.23. The zero-order chi connectivity index (χ0) is 22.5. The van der Waals surface area contributed by atoms with Crippen molar-refractivity contribution in [3.63, 3.8) is 0 Å². The maximum Gasteiger partial charge on any atom is 0.153 e. The van der Waals surface area contributed by atoms with Gasteiger partial charge >= 0.3 is 0 Å². The third kappa shape index (κ3) is 5.25. The summed E-state index contributed by atoms with van der Waals surface area (Å²) in [6, 6.07) is 15.6. The van der Waals surface area contributed by atoms with E-state index in [2.05, 4.69) is 0 Å². The lowest BCUT2D eigenvalue weighted by molar-refractivity contribution is 0.111.